The fraction of sp³-hybridized carbons (Fsp3) is 0.417. The lowest BCUT2D eigenvalue weighted by Crippen LogP contribution is -2.42. The molecule has 0 spiro atoms. The third-order valence-electron chi connectivity index (χ3n) is 2.14. The van der Waals surface area contributed by atoms with Crippen LogP contribution in [0.4, 0.5) is 0 Å². The molecule has 0 saturated heterocycles. The van der Waals surface area contributed by atoms with Crippen LogP contribution in [0.25, 0.3) is 0 Å². The van der Waals surface area contributed by atoms with Gasteiger partial charge in [0.2, 0.25) is 5.91 Å². The number of amides is 1. The zero-order chi connectivity index (χ0) is 12.2. The zero-order valence-electron chi connectivity index (χ0n) is 9.60. The highest BCUT2D eigenvalue weighted by molar-refractivity contribution is 5.82. The maximum absolute atomic E-state index is 11.6. The van der Waals surface area contributed by atoms with Crippen LogP contribution >= 0.6 is 0 Å². The summed E-state index contributed by atoms with van der Waals surface area (Å²) in [6, 6.07) is 8.44. The molecule has 1 unspecified atom stereocenters. The average Bonchev–Trinajstić information content (AvgIpc) is 2.25. The van der Waals surface area contributed by atoms with E-state index in [4.69, 9.17) is 5.73 Å². The van der Waals surface area contributed by atoms with Crippen molar-refractivity contribution in [3.8, 4) is 0 Å². The molecule has 4 heteroatoms. The van der Waals surface area contributed by atoms with Crippen molar-refractivity contribution in [1.82, 2.24) is 5.32 Å². The van der Waals surface area contributed by atoms with E-state index in [0.29, 0.717) is 0 Å². The molecule has 4 nitrogen and oxygen atoms in total. The fourth-order valence-corrected chi connectivity index (χ4v) is 1.23. The first-order valence-corrected chi connectivity index (χ1v) is 5.21. The molecule has 88 valence electrons. The summed E-state index contributed by atoms with van der Waals surface area (Å²) in [6.45, 7) is 3.44. The van der Waals surface area contributed by atoms with Gasteiger partial charge in [-0.05, 0) is 19.4 Å². The summed E-state index contributed by atoms with van der Waals surface area (Å²) in [5.74, 6) is -0.284. The van der Waals surface area contributed by atoms with Crippen LogP contribution in [0.15, 0.2) is 30.3 Å². The molecule has 0 aliphatic carbocycles. The van der Waals surface area contributed by atoms with Crippen LogP contribution in [0, 0.1) is 0 Å². The molecule has 4 N–H and O–H groups in total. The number of carbonyl (C=O) groups excluding carboxylic acids is 1. The Kier molecular flexibility index (Phi) is 4.04. The predicted octanol–water partition coefficient (Wildman–Crippen LogP) is 0.573. The molecule has 0 aliphatic rings. The number of hydrogen-bond acceptors (Lipinski definition) is 3. The number of rotatable bonds is 4. The molecular formula is C12H18N2O2. The molecular weight excluding hydrogens is 204 g/mol. The maximum atomic E-state index is 11.6. The van der Waals surface area contributed by atoms with Gasteiger partial charge in [0.25, 0.3) is 0 Å². The summed E-state index contributed by atoms with van der Waals surface area (Å²) < 4.78 is 0. The number of nitrogens with one attached hydrogen (secondary N) is 1. The molecule has 1 rings (SSSR count). The highest BCUT2D eigenvalue weighted by Crippen LogP contribution is 2.09. The minimum absolute atomic E-state index is 0.187. The average molecular weight is 222 g/mol. The van der Waals surface area contributed by atoms with E-state index < -0.39 is 11.6 Å². The lowest BCUT2D eigenvalue weighted by atomic mass is 10.1. The molecule has 1 aromatic rings. The first kappa shape index (κ1) is 12.7. The van der Waals surface area contributed by atoms with Crippen LogP contribution < -0.4 is 11.1 Å². The SMILES string of the molecule is CC(C)(O)CNC(=O)C(N)c1ccccc1. The molecule has 0 saturated carbocycles. The summed E-state index contributed by atoms with van der Waals surface area (Å²) in [6.07, 6.45) is 0. The van der Waals surface area contributed by atoms with Crippen molar-refractivity contribution >= 4 is 5.91 Å². The highest BCUT2D eigenvalue weighted by atomic mass is 16.3. The fourth-order valence-electron chi connectivity index (χ4n) is 1.23. The van der Waals surface area contributed by atoms with Gasteiger partial charge in [-0.25, -0.2) is 0 Å². The second-order valence-corrected chi connectivity index (χ2v) is 4.42. The number of nitrogens with two attached hydrogens (primary N) is 1. The van der Waals surface area contributed by atoms with E-state index >= 15 is 0 Å². The molecule has 0 fully saturated rings. The number of aliphatic hydroxyl groups is 1. The van der Waals surface area contributed by atoms with E-state index in [1.807, 2.05) is 18.2 Å². The van der Waals surface area contributed by atoms with E-state index in [0.717, 1.165) is 5.56 Å². The molecule has 0 bridgehead atoms. The number of carbonyl (C=O) groups is 1. The monoisotopic (exact) mass is 222 g/mol. The Bertz CT molecular complexity index is 344. The summed E-state index contributed by atoms with van der Waals surface area (Å²) in [4.78, 5) is 11.6. The third kappa shape index (κ3) is 4.00. The third-order valence-corrected chi connectivity index (χ3v) is 2.14. The Morgan fingerprint density at radius 1 is 1.44 bits per heavy atom. The lowest BCUT2D eigenvalue weighted by Gasteiger charge is -2.19. The summed E-state index contributed by atoms with van der Waals surface area (Å²) in [7, 11) is 0. The molecule has 0 radical (unpaired) electrons. The minimum atomic E-state index is -0.925. The maximum Gasteiger partial charge on any atom is 0.241 e. The molecule has 1 amide bonds. The first-order chi connectivity index (χ1) is 7.40. The predicted molar refractivity (Wildman–Crippen MR) is 62.7 cm³/mol. The Balaban J connectivity index is 2.55. The van der Waals surface area contributed by atoms with Crippen LogP contribution in [-0.4, -0.2) is 23.2 Å². The minimum Gasteiger partial charge on any atom is -0.389 e. The molecule has 0 aromatic heterocycles. The van der Waals surface area contributed by atoms with E-state index in [9.17, 15) is 9.90 Å². The Labute approximate surface area is 95.5 Å². The van der Waals surface area contributed by atoms with E-state index in [1.54, 1.807) is 26.0 Å². The molecule has 16 heavy (non-hydrogen) atoms. The Morgan fingerprint density at radius 3 is 2.50 bits per heavy atom. The largest absolute Gasteiger partial charge is 0.389 e. The normalized spacial score (nSPS) is 13.2. The van der Waals surface area contributed by atoms with Crippen molar-refractivity contribution in [2.75, 3.05) is 6.54 Å². The van der Waals surface area contributed by atoms with Crippen LogP contribution in [0.1, 0.15) is 25.5 Å². The van der Waals surface area contributed by atoms with Crippen molar-refractivity contribution in [2.24, 2.45) is 5.73 Å². The van der Waals surface area contributed by atoms with Crippen LogP contribution in [-0.2, 0) is 4.79 Å². The molecule has 0 aliphatic heterocycles. The molecule has 1 aromatic carbocycles. The first-order valence-electron chi connectivity index (χ1n) is 5.21. The van der Waals surface area contributed by atoms with Crippen LogP contribution in [0.2, 0.25) is 0 Å². The standard InChI is InChI=1S/C12H18N2O2/c1-12(2,16)8-14-11(15)10(13)9-6-4-3-5-7-9/h3-7,10,16H,8,13H2,1-2H3,(H,14,15). The van der Waals surface area contributed by atoms with Gasteiger partial charge in [-0.1, -0.05) is 30.3 Å². The van der Waals surface area contributed by atoms with Gasteiger partial charge in [-0.2, -0.15) is 0 Å². The van der Waals surface area contributed by atoms with E-state index in [2.05, 4.69) is 5.32 Å². The topological polar surface area (TPSA) is 75.3 Å². The van der Waals surface area contributed by atoms with Crippen molar-refractivity contribution in [2.45, 2.75) is 25.5 Å². The van der Waals surface area contributed by atoms with Gasteiger partial charge in [0, 0.05) is 6.54 Å². The van der Waals surface area contributed by atoms with Crippen molar-refractivity contribution in [3.05, 3.63) is 35.9 Å². The number of benzene rings is 1. The van der Waals surface area contributed by atoms with Gasteiger partial charge in [0.15, 0.2) is 0 Å². The van der Waals surface area contributed by atoms with E-state index in [1.165, 1.54) is 0 Å². The van der Waals surface area contributed by atoms with Gasteiger partial charge in [-0.15, -0.1) is 0 Å². The summed E-state index contributed by atoms with van der Waals surface area (Å²) in [5.41, 5.74) is 5.61. The lowest BCUT2D eigenvalue weighted by molar-refractivity contribution is -0.123. The van der Waals surface area contributed by atoms with E-state index in [-0.39, 0.29) is 12.5 Å². The quantitative estimate of drug-likeness (QED) is 0.697. The molecule has 0 heterocycles. The summed E-state index contributed by atoms with van der Waals surface area (Å²) in [5, 5.41) is 12.1. The summed E-state index contributed by atoms with van der Waals surface area (Å²) >= 11 is 0. The van der Waals surface area contributed by atoms with Crippen molar-refractivity contribution in [3.63, 3.8) is 0 Å². The van der Waals surface area contributed by atoms with Gasteiger partial charge < -0.3 is 16.2 Å². The van der Waals surface area contributed by atoms with Crippen LogP contribution in [0.3, 0.4) is 0 Å². The van der Waals surface area contributed by atoms with Crippen molar-refractivity contribution < 1.29 is 9.90 Å². The second kappa shape index (κ2) is 5.09. The van der Waals surface area contributed by atoms with Gasteiger partial charge in [-0.3, -0.25) is 4.79 Å². The van der Waals surface area contributed by atoms with Crippen molar-refractivity contribution in [1.29, 1.82) is 0 Å². The second-order valence-electron chi connectivity index (χ2n) is 4.42. The smallest absolute Gasteiger partial charge is 0.241 e. The number of hydrogen-bond donors (Lipinski definition) is 3. The van der Waals surface area contributed by atoms with Gasteiger partial charge in [0.1, 0.15) is 6.04 Å². The van der Waals surface area contributed by atoms with Gasteiger partial charge >= 0.3 is 0 Å². The Hall–Kier alpha value is -1.39. The van der Waals surface area contributed by atoms with Gasteiger partial charge in [0.05, 0.1) is 5.60 Å². The van der Waals surface area contributed by atoms with Crippen LogP contribution in [0.5, 0.6) is 0 Å². The zero-order valence-corrected chi connectivity index (χ0v) is 9.60. The highest BCUT2D eigenvalue weighted by Gasteiger charge is 2.18. The molecule has 1 atom stereocenters. The Morgan fingerprint density at radius 2 is 2.00 bits per heavy atom.